The second kappa shape index (κ2) is 7.70. The molecule has 0 saturated carbocycles. The van der Waals surface area contributed by atoms with Crippen molar-refractivity contribution in [3.63, 3.8) is 0 Å². The Balaban J connectivity index is 1.69. The number of nitriles is 1. The van der Waals surface area contributed by atoms with Crippen LogP contribution in [-0.4, -0.2) is 19.2 Å². The molecule has 0 bridgehead atoms. The minimum atomic E-state index is -0.308. The molecule has 0 fully saturated rings. The quantitative estimate of drug-likeness (QED) is 0.832. The highest BCUT2D eigenvalue weighted by atomic mass is 16.5. The minimum Gasteiger partial charge on any atom is -0.492 e. The largest absolute Gasteiger partial charge is 0.492 e. The van der Waals surface area contributed by atoms with Crippen molar-refractivity contribution >= 4 is 11.7 Å². The molecule has 0 radical (unpaired) electrons. The minimum absolute atomic E-state index is 0.308. The van der Waals surface area contributed by atoms with Crippen LogP contribution in [0.1, 0.15) is 11.1 Å². The Labute approximate surface area is 129 Å². The molecule has 22 heavy (non-hydrogen) atoms. The number of anilines is 1. The Morgan fingerprint density at radius 2 is 1.82 bits per heavy atom. The third-order valence-electron chi connectivity index (χ3n) is 2.95. The van der Waals surface area contributed by atoms with E-state index in [4.69, 9.17) is 10.00 Å². The maximum atomic E-state index is 11.7. The smallest absolute Gasteiger partial charge is 0.319 e. The average molecular weight is 295 g/mol. The summed E-state index contributed by atoms with van der Waals surface area (Å²) < 4.78 is 5.51. The first-order valence-electron chi connectivity index (χ1n) is 6.92. The monoisotopic (exact) mass is 295 g/mol. The number of carbonyl (C=O) groups is 1. The molecular formula is C17H17N3O2. The number of hydrogen-bond acceptors (Lipinski definition) is 3. The van der Waals surface area contributed by atoms with Gasteiger partial charge in [0.2, 0.25) is 0 Å². The van der Waals surface area contributed by atoms with Crippen molar-refractivity contribution in [1.29, 1.82) is 5.26 Å². The highest BCUT2D eigenvalue weighted by Gasteiger charge is 2.01. The van der Waals surface area contributed by atoms with Crippen LogP contribution in [0.4, 0.5) is 10.5 Å². The highest BCUT2D eigenvalue weighted by Crippen LogP contribution is 2.11. The molecule has 0 aliphatic carbocycles. The molecule has 0 unspecified atom stereocenters. The first-order chi connectivity index (χ1) is 10.7. The van der Waals surface area contributed by atoms with E-state index in [9.17, 15) is 4.79 Å². The summed E-state index contributed by atoms with van der Waals surface area (Å²) in [7, 11) is 0. The van der Waals surface area contributed by atoms with Crippen molar-refractivity contribution in [3.05, 3.63) is 59.7 Å². The summed E-state index contributed by atoms with van der Waals surface area (Å²) in [4.78, 5) is 11.7. The molecule has 2 amide bonds. The van der Waals surface area contributed by atoms with E-state index < -0.39 is 0 Å². The van der Waals surface area contributed by atoms with E-state index in [1.165, 1.54) is 5.56 Å². The van der Waals surface area contributed by atoms with Gasteiger partial charge in [0.15, 0.2) is 0 Å². The molecule has 0 spiro atoms. The number of ether oxygens (including phenoxy) is 1. The van der Waals surface area contributed by atoms with Gasteiger partial charge in [0.1, 0.15) is 12.4 Å². The Morgan fingerprint density at radius 3 is 2.45 bits per heavy atom. The Morgan fingerprint density at radius 1 is 1.14 bits per heavy atom. The fourth-order valence-corrected chi connectivity index (χ4v) is 1.77. The summed E-state index contributed by atoms with van der Waals surface area (Å²) in [5.41, 5.74) is 2.36. The molecule has 0 aromatic heterocycles. The van der Waals surface area contributed by atoms with Gasteiger partial charge in [-0.05, 0) is 43.3 Å². The topological polar surface area (TPSA) is 74.2 Å². The number of amides is 2. The maximum absolute atomic E-state index is 11.7. The van der Waals surface area contributed by atoms with Gasteiger partial charge in [0, 0.05) is 5.69 Å². The van der Waals surface area contributed by atoms with Crippen LogP contribution < -0.4 is 15.4 Å². The number of benzene rings is 2. The van der Waals surface area contributed by atoms with Gasteiger partial charge in [-0.15, -0.1) is 0 Å². The Hall–Kier alpha value is -3.00. The molecule has 0 aliphatic rings. The van der Waals surface area contributed by atoms with E-state index in [-0.39, 0.29) is 6.03 Å². The molecule has 2 aromatic carbocycles. The van der Waals surface area contributed by atoms with Crippen LogP contribution in [0.15, 0.2) is 48.5 Å². The van der Waals surface area contributed by atoms with Gasteiger partial charge in [-0.25, -0.2) is 4.79 Å². The van der Waals surface area contributed by atoms with E-state index in [0.29, 0.717) is 24.4 Å². The van der Waals surface area contributed by atoms with Crippen molar-refractivity contribution in [2.45, 2.75) is 6.92 Å². The zero-order chi connectivity index (χ0) is 15.8. The molecule has 5 nitrogen and oxygen atoms in total. The van der Waals surface area contributed by atoms with E-state index in [0.717, 1.165) is 5.75 Å². The predicted molar refractivity (Wildman–Crippen MR) is 84.9 cm³/mol. The molecule has 0 saturated heterocycles. The lowest BCUT2D eigenvalue weighted by Crippen LogP contribution is -2.32. The zero-order valence-electron chi connectivity index (χ0n) is 12.3. The molecule has 5 heteroatoms. The van der Waals surface area contributed by atoms with Crippen LogP contribution in [0.25, 0.3) is 0 Å². The third-order valence-corrected chi connectivity index (χ3v) is 2.95. The Bertz CT molecular complexity index is 658. The van der Waals surface area contributed by atoms with E-state index in [1.54, 1.807) is 24.3 Å². The number of nitrogens with zero attached hydrogens (tertiary/aromatic N) is 1. The zero-order valence-corrected chi connectivity index (χ0v) is 12.3. The summed E-state index contributed by atoms with van der Waals surface area (Å²) in [5.74, 6) is 0.778. The number of urea groups is 1. The summed E-state index contributed by atoms with van der Waals surface area (Å²) in [6.45, 7) is 2.80. The van der Waals surface area contributed by atoms with Crippen LogP contribution >= 0.6 is 0 Å². The number of hydrogen-bond donors (Lipinski definition) is 2. The lowest BCUT2D eigenvalue weighted by atomic mass is 10.2. The van der Waals surface area contributed by atoms with E-state index in [1.807, 2.05) is 37.3 Å². The molecule has 0 atom stereocenters. The van der Waals surface area contributed by atoms with Crippen molar-refractivity contribution in [2.24, 2.45) is 0 Å². The normalized spacial score (nSPS) is 9.64. The number of nitrogens with one attached hydrogen (secondary N) is 2. The summed E-state index contributed by atoms with van der Waals surface area (Å²) in [6.07, 6.45) is 0. The molecular weight excluding hydrogens is 278 g/mol. The van der Waals surface area contributed by atoms with Gasteiger partial charge in [-0.1, -0.05) is 17.7 Å². The SMILES string of the molecule is Cc1ccc(OCCNC(=O)Nc2ccc(C#N)cc2)cc1. The van der Waals surface area contributed by atoms with E-state index in [2.05, 4.69) is 10.6 Å². The van der Waals surface area contributed by atoms with Gasteiger partial charge in [-0.2, -0.15) is 5.26 Å². The summed E-state index contributed by atoms with van der Waals surface area (Å²) >= 11 is 0. The lowest BCUT2D eigenvalue weighted by molar-refractivity contribution is 0.247. The standard InChI is InChI=1S/C17H17N3O2/c1-13-2-8-16(9-3-13)22-11-10-19-17(21)20-15-6-4-14(12-18)5-7-15/h2-9H,10-11H2,1H3,(H2,19,20,21). The van der Waals surface area contributed by atoms with Crippen LogP contribution in [0, 0.1) is 18.3 Å². The fraction of sp³-hybridized carbons (Fsp3) is 0.176. The Kier molecular flexibility index (Phi) is 5.38. The van der Waals surface area contributed by atoms with Gasteiger partial charge >= 0.3 is 6.03 Å². The second-order valence-electron chi connectivity index (χ2n) is 4.73. The number of rotatable bonds is 5. The van der Waals surface area contributed by atoms with Crippen molar-refractivity contribution in [1.82, 2.24) is 5.32 Å². The first-order valence-corrected chi connectivity index (χ1v) is 6.92. The van der Waals surface area contributed by atoms with E-state index >= 15 is 0 Å². The molecule has 2 rings (SSSR count). The highest BCUT2D eigenvalue weighted by molar-refractivity contribution is 5.89. The number of aryl methyl sites for hydroxylation is 1. The van der Waals surface area contributed by atoms with Gasteiger partial charge in [0.05, 0.1) is 18.2 Å². The molecule has 112 valence electrons. The fourth-order valence-electron chi connectivity index (χ4n) is 1.77. The van der Waals surface area contributed by atoms with Gasteiger partial charge < -0.3 is 15.4 Å². The summed E-state index contributed by atoms with van der Waals surface area (Å²) in [5, 5.41) is 14.1. The third kappa shape index (κ3) is 4.84. The lowest BCUT2D eigenvalue weighted by Gasteiger charge is -2.09. The molecule has 2 N–H and O–H groups in total. The first kappa shape index (κ1) is 15.4. The van der Waals surface area contributed by atoms with Crippen LogP contribution in [0.2, 0.25) is 0 Å². The predicted octanol–water partition coefficient (Wildman–Crippen LogP) is 3.07. The van der Waals surface area contributed by atoms with Gasteiger partial charge in [-0.3, -0.25) is 0 Å². The van der Waals surface area contributed by atoms with Crippen LogP contribution in [-0.2, 0) is 0 Å². The number of carbonyl (C=O) groups excluding carboxylic acids is 1. The average Bonchev–Trinajstić information content (AvgIpc) is 2.54. The molecule has 2 aromatic rings. The maximum Gasteiger partial charge on any atom is 0.319 e. The summed E-state index contributed by atoms with van der Waals surface area (Å²) in [6, 6.07) is 16.1. The van der Waals surface area contributed by atoms with Crippen molar-refractivity contribution in [2.75, 3.05) is 18.5 Å². The molecule has 0 heterocycles. The van der Waals surface area contributed by atoms with Crippen LogP contribution in [0.5, 0.6) is 5.75 Å². The molecule has 0 aliphatic heterocycles. The second-order valence-corrected chi connectivity index (χ2v) is 4.73. The van der Waals surface area contributed by atoms with Gasteiger partial charge in [0.25, 0.3) is 0 Å². The van der Waals surface area contributed by atoms with Crippen molar-refractivity contribution in [3.8, 4) is 11.8 Å². The van der Waals surface area contributed by atoms with Crippen molar-refractivity contribution < 1.29 is 9.53 Å². The van der Waals surface area contributed by atoms with Crippen LogP contribution in [0.3, 0.4) is 0 Å².